The maximum Gasteiger partial charge on any atom is 0.328 e. The number of benzene rings is 1. The van der Waals surface area contributed by atoms with E-state index in [0.29, 0.717) is 0 Å². The highest BCUT2D eigenvalue weighted by Crippen LogP contribution is 2.39. The lowest BCUT2D eigenvalue weighted by atomic mass is 10.1. The summed E-state index contributed by atoms with van der Waals surface area (Å²) in [7, 11) is 2.07. The average molecular weight is 245 g/mol. The molecule has 0 saturated heterocycles. The predicted octanol–water partition coefficient (Wildman–Crippen LogP) is 2.88. The van der Waals surface area contributed by atoms with Crippen molar-refractivity contribution in [1.29, 1.82) is 0 Å². The van der Waals surface area contributed by atoms with E-state index in [1.165, 1.54) is 12.5 Å². The van der Waals surface area contributed by atoms with Crippen molar-refractivity contribution in [2.24, 2.45) is 11.8 Å². The van der Waals surface area contributed by atoms with Crippen molar-refractivity contribution >= 4 is 17.7 Å². The fourth-order valence-corrected chi connectivity index (χ4v) is 2.24. The molecule has 1 saturated carbocycles. The summed E-state index contributed by atoms with van der Waals surface area (Å²) in [6, 6.07) is 7.90. The van der Waals surface area contributed by atoms with Crippen molar-refractivity contribution in [2.45, 2.75) is 13.3 Å². The highest BCUT2D eigenvalue weighted by molar-refractivity contribution is 5.86. The molecule has 0 spiro atoms. The van der Waals surface area contributed by atoms with Gasteiger partial charge in [0.15, 0.2) is 0 Å². The molecule has 1 aromatic rings. The van der Waals surface area contributed by atoms with E-state index in [1.807, 2.05) is 24.3 Å². The van der Waals surface area contributed by atoms with Crippen LogP contribution in [-0.4, -0.2) is 24.7 Å². The molecule has 96 valence electrons. The number of rotatable bonds is 5. The summed E-state index contributed by atoms with van der Waals surface area (Å²) in [5.74, 6) is 0.698. The monoisotopic (exact) mass is 245 g/mol. The first-order valence-electron chi connectivity index (χ1n) is 6.29. The standard InChI is InChI=1S/C15H19NO2/c1-11-9-13(11)10-16(2)14-6-4-3-5-12(14)7-8-15(17)18/h3-8,11,13H,9-10H2,1-2H3,(H,17,18). The largest absolute Gasteiger partial charge is 0.478 e. The number of carboxylic acids is 1. The van der Waals surface area contributed by atoms with Crippen LogP contribution in [0.3, 0.4) is 0 Å². The Balaban J connectivity index is 2.13. The molecule has 18 heavy (non-hydrogen) atoms. The first-order valence-corrected chi connectivity index (χ1v) is 6.29. The van der Waals surface area contributed by atoms with E-state index in [0.717, 1.165) is 29.6 Å². The highest BCUT2D eigenvalue weighted by Gasteiger charge is 2.33. The summed E-state index contributed by atoms with van der Waals surface area (Å²) in [6.45, 7) is 3.31. The molecule has 1 aromatic carbocycles. The Labute approximate surface area is 108 Å². The Kier molecular flexibility index (Phi) is 3.70. The second-order valence-corrected chi connectivity index (χ2v) is 5.08. The summed E-state index contributed by atoms with van der Waals surface area (Å²) in [4.78, 5) is 12.8. The minimum atomic E-state index is -0.914. The van der Waals surface area contributed by atoms with Crippen LogP contribution in [0.25, 0.3) is 6.08 Å². The first-order chi connectivity index (χ1) is 8.58. The molecular formula is C15H19NO2. The number of para-hydroxylation sites is 1. The zero-order chi connectivity index (χ0) is 13.1. The van der Waals surface area contributed by atoms with Gasteiger partial charge in [0.1, 0.15) is 0 Å². The van der Waals surface area contributed by atoms with Crippen LogP contribution < -0.4 is 4.90 Å². The lowest BCUT2D eigenvalue weighted by molar-refractivity contribution is -0.131. The van der Waals surface area contributed by atoms with Gasteiger partial charge in [-0.1, -0.05) is 25.1 Å². The van der Waals surface area contributed by atoms with Crippen LogP contribution in [0.1, 0.15) is 18.9 Å². The molecule has 2 atom stereocenters. The van der Waals surface area contributed by atoms with E-state index in [9.17, 15) is 4.79 Å². The zero-order valence-electron chi connectivity index (χ0n) is 10.8. The number of hydrogen-bond acceptors (Lipinski definition) is 2. The fourth-order valence-electron chi connectivity index (χ4n) is 2.24. The van der Waals surface area contributed by atoms with E-state index in [2.05, 4.69) is 18.9 Å². The van der Waals surface area contributed by atoms with Crippen LogP contribution in [0.2, 0.25) is 0 Å². The highest BCUT2D eigenvalue weighted by atomic mass is 16.4. The molecule has 2 unspecified atom stereocenters. The quantitative estimate of drug-likeness (QED) is 0.811. The Hall–Kier alpha value is -1.77. The molecule has 0 aromatic heterocycles. The Morgan fingerprint density at radius 3 is 2.78 bits per heavy atom. The van der Waals surface area contributed by atoms with Crippen molar-refractivity contribution in [2.75, 3.05) is 18.5 Å². The zero-order valence-corrected chi connectivity index (χ0v) is 10.8. The van der Waals surface area contributed by atoms with E-state index < -0.39 is 5.97 Å². The van der Waals surface area contributed by atoms with Gasteiger partial charge in [-0.05, 0) is 36.0 Å². The van der Waals surface area contributed by atoms with Crippen LogP contribution in [-0.2, 0) is 4.79 Å². The van der Waals surface area contributed by atoms with Gasteiger partial charge in [-0.25, -0.2) is 4.79 Å². The van der Waals surface area contributed by atoms with Gasteiger partial charge in [0.05, 0.1) is 0 Å². The van der Waals surface area contributed by atoms with Gasteiger partial charge in [-0.2, -0.15) is 0 Å². The van der Waals surface area contributed by atoms with Gasteiger partial charge in [0.2, 0.25) is 0 Å². The number of carboxylic acid groups (broad SMARTS) is 1. The molecule has 0 aliphatic heterocycles. The molecule has 2 rings (SSSR count). The second kappa shape index (κ2) is 5.25. The smallest absolute Gasteiger partial charge is 0.328 e. The Morgan fingerprint density at radius 2 is 2.17 bits per heavy atom. The molecule has 3 nitrogen and oxygen atoms in total. The third-order valence-corrected chi connectivity index (χ3v) is 3.54. The summed E-state index contributed by atoms with van der Waals surface area (Å²) < 4.78 is 0. The summed E-state index contributed by atoms with van der Waals surface area (Å²) in [5.41, 5.74) is 2.05. The van der Waals surface area contributed by atoms with Crippen LogP contribution in [0.4, 0.5) is 5.69 Å². The molecule has 1 fully saturated rings. The van der Waals surface area contributed by atoms with E-state index >= 15 is 0 Å². The van der Waals surface area contributed by atoms with Gasteiger partial charge >= 0.3 is 5.97 Å². The summed E-state index contributed by atoms with van der Waals surface area (Å²) in [6.07, 6.45) is 4.15. The third kappa shape index (κ3) is 3.13. The van der Waals surface area contributed by atoms with E-state index in [4.69, 9.17) is 5.11 Å². The van der Waals surface area contributed by atoms with Gasteiger partial charge in [0, 0.05) is 25.4 Å². The molecular weight excluding hydrogens is 226 g/mol. The van der Waals surface area contributed by atoms with Crippen molar-refractivity contribution < 1.29 is 9.90 Å². The molecule has 0 amide bonds. The summed E-state index contributed by atoms with van der Waals surface area (Å²) >= 11 is 0. The normalized spacial score (nSPS) is 22.1. The third-order valence-electron chi connectivity index (χ3n) is 3.54. The molecule has 0 radical (unpaired) electrons. The van der Waals surface area contributed by atoms with Gasteiger partial charge in [0.25, 0.3) is 0 Å². The van der Waals surface area contributed by atoms with Crippen LogP contribution in [0.15, 0.2) is 30.3 Å². The number of nitrogens with zero attached hydrogens (tertiary/aromatic N) is 1. The molecule has 0 bridgehead atoms. The van der Waals surface area contributed by atoms with Crippen molar-refractivity contribution in [1.82, 2.24) is 0 Å². The van der Waals surface area contributed by atoms with Gasteiger partial charge < -0.3 is 10.0 Å². The second-order valence-electron chi connectivity index (χ2n) is 5.08. The maximum absolute atomic E-state index is 10.6. The van der Waals surface area contributed by atoms with E-state index in [-0.39, 0.29) is 0 Å². The Morgan fingerprint density at radius 1 is 1.50 bits per heavy atom. The van der Waals surface area contributed by atoms with Crippen molar-refractivity contribution in [3.8, 4) is 0 Å². The van der Waals surface area contributed by atoms with Crippen LogP contribution in [0, 0.1) is 11.8 Å². The topological polar surface area (TPSA) is 40.5 Å². The molecule has 1 aliphatic carbocycles. The average Bonchev–Trinajstić information content (AvgIpc) is 3.02. The first kappa shape index (κ1) is 12.7. The molecule has 1 aliphatic rings. The van der Waals surface area contributed by atoms with Crippen molar-refractivity contribution in [3.63, 3.8) is 0 Å². The predicted molar refractivity (Wildman–Crippen MR) is 73.7 cm³/mol. The number of aliphatic carboxylic acids is 1. The van der Waals surface area contributed by atoms with Crippen LogP contribution >= 0.6 is 0 Å². The fraction of sp³-hybridized carbons (Fsp3) is 0.400. The molecule has 0 heterocycles. The number of carbonyl (C=O) groups is 1. The van der Waals surface area contributed by atoms with Crippen LogP contribution in [0.5, 0.6) is 0 Å². The SMILES string of the molecule is CC1CC1CN(C)c1ccccc1C=CC(=O)O. The molecule has 3 heteroatoms. The van der Waals surface area contributed by atoms with Gasteiger partial charge in [-0.15, -0.1) is 0 Å². The minimum Gasteiger partial charge on any atom is -0.478 e. The van der Waals surface area contributed by atoms with E-state index in [1.54, 1.807) is 6.08 Å². The summed E-state index contributed by atoms with van der Waals surface area (Å²) in [5, 5.41) is 8.69. The minimum absolute atomic E-state index is 0.784. The molecule has 1 N–H and O–H groups in total. The van der Waals surface area contributed by atoms with Crippen molar-refractivity contribution in [3.05, 3.63) is 35.9 Å². The van der Waals surface area contributed by atoms with Gasteiger partial charge in [-0.3, -0.25) is 0 Å². The lowest BCUT2D eigenvalue weighted by Crippen LogP contribution is -2.21. The maximum atomic E-state index is 10.6. The lowest BCUT2D eigenvalue weighted by Gasteiger charge is -2.21. The Bertz CT molecular complexity index is 467. The number of hydrogen-bond donors (Lipinski definition) is 1. The number of anilines is 1.